The number of rotatable bonds is 5. The minimum Gasteiger partial charge on any atom is -0.462 e. The van der Waals surface area contributed by atoms with E-state index >= 15 is 0 Å². The molecule has 124 valence electrons. The molecule has 4 nitrogen and oxygen atoms in total. The van der Waals surface area contributed by atoms with Crippen LogP contribution in [0.25, 0.3) is 10.8 Å². The summed E-state index contributed by atoms with van der Waals surface area (Å²) in [4.78, 5) is 7.18. The SMILES string of the molecule is CNCC1CCN(Cc2csc(-c3ccco3)n2)CC1.Cl.Cl. The molecule has 7 heteroatoms. The molecule has 1 aliphatic heterocycles. The fourth-order valence-corrected chi connectivity index (χ4v) is 3.54. The van der Waals surface area contributed by atoms with Gasteiger partial charge in [-0.05, 0) is 57.6 Å². The van der Waals surface area contributed by atoms with E-state index in [1.807, 2.05) is 19.2 Å². The highest BCUT2D eigenvalue weighted by Crippen LogP contribution is 2.25. The summed E-state index contributed by atoms with van der Waals surface area (Å²) in [5.74, 6) is 1.71. The molecular formula is C15H23Cl2N3OS. The molecule has 1 saturated heterocycles. The lowest BCUT2D eigenvalue weighted by atomic mass is 9.97. The number of aromatic nitrogens is 1. The van der Waals surface area contributed by atoms with Crippen molar-refractivity contribution in [3.8, 4) is 10.8 Å². The van der Waals surface area contributed by atoms with Gasteiger partial charge in [0.1, 0.15) is 0 Å². The van der Waals surface area contributed by atoms with E-state index in [0.29, 0.717) is 0 Å². The Kier molecular flexibility index (Phi) is 8.43. The zero-order chi connectivity index (χ0) is 13.8. The quantitative estimate of drug-likeness (QED) is 0.879. The predicted molar refractivity (Wildman–Crippen MR) is 96.2 cm³/mol. The van der Waals surface area contributed by atoms with Crippen LogP contribution in [-0.2, 0) is 6.54 Å². The number of piperidine rings is 1. The van der Waals surface area contributed by atoms with Crippen LogP contribution in [0.4, 0.5) is 0 Å². The van der Waals surface area contributed by atoms with Gasteiger partial charge in [0.15, 0.2) is 10.8 Å². The first kappa shape index (κ1) is 19.5. The maximum Gasteiger partial charge on any atom is 0.162 e. The van der Waals surface area contributed by atoms with Crippen molar-refractivity contribution < 1.29 is 4.42 Å². The highest BCUT2D eigenvalue weighted by molar-refractivity contribution is 7.13. The van der Waals surface area contributed by atoms with Crippen LogP contribution < -0.4 is 5.32 Å². The Morgan fingerprint density at radius 2 is 2.14 bits per heavy atom. The van der Waals surface area contributed by atoms with Crippen LogP contribution in [0.1, 0.15) is 18.5 Å². The fraction of sp³-hybridized carbons (Fsp3) is 0.533. The first-order chi connectivity index (χ1) is 9.85. The number of hydrogen-bond donors (Lipinski definition) is 1. The van der Waals surface area contributed by atoms with Crippen LogP contribution in [-0.4, -0.2) is 36.6 Å². The van der Waals surface area contributed by atoms with Crippen LogP contribution in [0.15, 0.2) is 28.2 Å². The minimum atomic E-state index is 0. The third kappa shape index (κ3) is 4.96. The Balaban J connectivity index is 0.00000121. The van der Waals surface area contributed by atoms with Gasteiger partial charge in [0, 0.05) is 11.9 Å². The Bertz CT molecular complexity index is 525. The number of hydrogen-bond acceptors (Lipinski definition) is 5. The molecule has 1 N–H and O–H groups in total. The summed E-state index contributed by atoms with van der Waals surface area (Å²) in [6.07, 6.45) is 4.27. The maximum atomic E-state index is 5.39. The van der Waals surface area contributed by atoms with Crippen molar-refractivity contribution in [1.29, 1.82) is 0 Å². The van der Waals surface area contributed by atoms with Gasteiger partial charge in [-0.25, -0.2) is 4.98 Å². The number of thiazole rings is 1. The van der Waals surface area contributed by atoms with Crippen molar-refractivity contribution in [2.24, 2.45) is 5.92 Å². The molecule has 3 heterocycles. The van der Waals surface area contributed by atoms with Gasteiger partial charge in [0.25, 0.3) is 0 Å². The molecule has 22 heavy (non-hydrogen) atoms. The molecular weight excluding hydrogens is 341 g/mol. The monoisotopic (exact) mass is 363 g/mol. The molecule has 2 aromatic heterocycles. The van der Waals surface area contributed by atoms with E-state index in [1.54, 1.807) is 17.6 Å². The van der Waals surface area contributed by atoms with E-state index < -0.39 is 0 Å². The number of likely N-dealkylation sites (tertiary alicyclic amines) is 1. The van der Waals surface area contributed by atoms with E-state index in [1.165, 1.54) is 25.9 Å². The van der Waals surface area contributed by atoms with Gasteiger partial charge in [-0.3, -0.25) is 4.90 Å². The average Bonchev–Trinajstić information content (AvgIpc) is 3.12. The van der Waals surface area contributed by atoms with Crippen molar-refractivity contribution in [3.05, 3.63) is 29.5 Å². The van der Waals surface area contributed by atoms with Crippen molar-refractivity contribution in [3.63, 3.8) is 0 Å². The number of nitrogens with one attached hydrogen (secondary N) is 1. The van der Waals surface area contributed by atoms with Crippen LogP contribution >= 0.6 is 36.2 Å². The van der Waals surface area contributed by atoms with Gasteiger partial charge < -0.3 is 9.73 Å². The number of furan rings is 1. The lowest BCUT2D eigenvalue weighted by Gasteiger charge is -2.31. The molecule has 2 aromatic rings. The molecule has 1 aliphatic rings. The predicted octanol–water partition coefficient (Wildman–Crippen LogP) is 3.68. The summed E-state index contributed by atoms with van der Waals surface area (Å²) in [5, 5.41) is 6.41. The summed E-state index contributed by atoms with van der Waals surface area (Å²) in [6, 6.07) is 3.87. The molecule has 0 aromatic carbocycles. The molecule has 3 rings (SSSR count). The zero-order valence-corrected chi connectivity index (χ0v) is 15.1. The summed E-state index contributed by atoms with van der Waals surface area (Å²) >= 11 is 1.66. The van der Waals surface area contributed by atoms with Gasteiger partial charge in [0.05, 0.1) is 12.0 Å². The standard InChI is InChI=1S/C15H21N3OS.2ClH/c1-16-9-12-4-6-18(7-5-12)10-13-11-20-15(17-13)14-3-2-8-19-14;;/h2-3,8,11-12,16H,4-7,9-10H2,1H3;2*1H. The third-order valence-electron chi connectivity index (χ3n) is 3.87. The van der Waals surface area contributed by atoms with Gasteiger partial charge in [-0.15, -0.1) is 36.2 Å². The average molecular weight is 364 g/mol. The van der Waals surface area contributed by atoms with Crippen LogP contribution in [0.2, 0.25) is 0 Å². The summed E-state index contributed by atoms with van der Waals surface area (Å²) in [6.45, 7) is 4.47. The molecule has 1 fully saturated rings. The topological polar surface area (TPSA) is 41.3 Å². The normalized spacial score (nSPS) is 16.0. The van der Waals surface area contributed by atoms with E-state index in [4.69, 9.17) is 4.42 Å². The van der Waals surface area contributed by atoms with Gasteiger partial charge in [0.2, 0.25) is 0 Å². The summed E-state index contributed by atoms with van der Waals surface area (Å²) < 4.78 is 5.39. The van der Waals surface area contributed by atoms with Gasteiger partial charge in [-0.1, -0.05) is 0 Å². The number of nitrogens with zero attached hydrogens (tertiary/aromatic N) is 2. The van der Waals surface area contributed by atoms with Crippen molar-refractivity contribution >= 4 is 36.2 Å². The van der Waals surface area contributed by atoms with Gasteiger partial charge >= 0.3 is 0 Å². The van der Waals surface area contributed by atoms with Crippen molar-refractivity contribution in [2.45, 2.75) is 19.4 Å². The fourth-order valence-electron chi connectivity index (χ4n) is 2.76. The summed E-state index contributed by atoms with van der Waals surface area (Å²) in [5.41, 5.74) is 1.16. The molecule has 0 unspecified atom stereocenters. The van der Waals surface area contributed by atoms with E-state index in [0.717, 1.165) is 35.5 Å². The van der Waals surface area contributed by atoms with Crippen LogP contribution in [0.3, 0.4) is 0 Å². The van der Waals surface area contributed by atoms with Crippen LogP contribution in [0.5, 0.6) is 0 Å². The zero-order valence-electron chi connectivity index (χ0n) is 12.7. The van der Waals surface area contributed by atoms with E-state index in [2.05, 4.69) is 20.6 Å². The Labute approximate surface area is 148 Å². The maximum absolute atomic E-state index is 5.39. The van der Waals surface area contributed by atoms with Crippen molar-refractivity contribution in [2.75, 3.05) is 26.7 Å². The third-order valence-corrected chi connectivity index (χ3v) is 4.77. The minimum absolute atomic E-state index is 0. The lowest BCUT2D eigenvalue weighted by molar-refractivity contribution is 0.175. The highest BCUT2D eigenvalue weighted by Gasteiger charge is 2.19. The Hall–Kier alpha value is -0.590. The molecule has 0 saturated carbocycles. The van der Waals surface area contributed by atoms with E-state index in [-0.39, 0.29) is 24.8 Å². The van der Waals surface area contributed by atoms with E-state index in [9.17, 15) is 0 Å². The lowest BCUT2D eigenvalue weighted by Crippen LogP contribution is -2.36. The second-order valence-electron chi connectivity index (χ2n) is 5.40. The Morgan fingerprint density at radius 3 is 2.77 bits per heavy atom. The van der Waals surface area contributed by atoms with Crippen molar-refractivity contribution in [1.82, 2.24) is 15.2 Å². The second kappa shape index (κ2) is 9.53. The molecule has 0 amide bonds. The van der Waals surface area contributed by atoms with Crippen LogP contribution in [0, 0.1) is 5.92 Å². The molecule has 0 aliphatic carbocycles. The van der Waals surface area contributed by atoms with Gasteiger partial charge in [-0.2, -0.15) is 0 Å². The molecule has 0 bridgehead atoms. The first-order valence-electron chi connectivity index (χ1n) is 7.20. The second-order valence-corrected chi connectivity index (χ2v) is 6.26. The Morgan fingerprint density at radius 1 is 1.36 bits per heavy atom. The highest BCUT2D eigenvalue weighted by atomic mass is 35.5. The first-order valence-corrected chi connectivity index (χ1v) is 8.08. The largest absolute Gasteiger partial charge is 0.462 e. The smallest absolute Gasteiger partial charge is 0.162 e. The molecule has 0 atom stereocenters. The number of halogens is 2. The molecule has 0 spiro atoms. The summed E-state index contributed by atoms with van der Waals surface area (Å²) in [7, 11) is 2.04. The molecule has 0 radical (unpaired) electrons.